The SMILES string of the molecule is Cc1ccc(S(=O)(=O)O)cc1.N/C(=N\N=Cc1cc([N+](=O)[O-])cc([N+](=O)[O-])c1O)NO. The van der Waals surface area contributed by atoms with Crippen LogP contribution in [0.2, 0.25) is 0 Å². The van der Waals surface area contributed by atoms with Crippen LogP contribution < -0.4 is 11.2 Å². The molecule has 0 heterocycles. The Balaban J connectivity index is 0.000000367. The van der Waals surface area contributed by atoms with E-state index in [-0.39, 0.29) is 10.5 Å². The fourth-order valence-corrected chi connectivity index (χ4v) is 2.33. The van der Waals surface area contributed by atoms with E-state index in [1.165, 1.54) is 17.6 Å². The van der Waals surface area contributed by atoms with Crippen molar-refractivity contribution in [1.29, 1.82) is 0 Å². The number of hydroxylamine groups is 1. The summed E-state index contributed by atoms with van der Waals surface area (Å²) in [5.74, 6) is -1.30. The van der Waals surface area contributed by atoms with Gasteiger partial charge in [0.05, 0.1) is 32.6 Å². The van der Waals surface area contributed by atoms with E-state index in [9.17, 15) is 33.8 Å². The molecule has 0 amide bonds. The third-order valence-electron chi connectivity index (χ3n) is 3.31. The van der Waals surface area contributed by atoms with Crippen LogP contribution in [0, 0.1) is 27.2 Å². The fourth-order valence-electron chi connectivity index (χ4n) is 1.85. The van der Waals surface area contributed by atoms with Crippen LogP contribution in [0.15, 0.2) is 51.5 Å². The number of rotatable bonds is 5. The first-order valence-electron chi connectivity index (χ1n) is 7.83. The van der Waals surface area contributed by atoms with Gasteiger partial charge in [-0.15, -0.1) is 5.10 Å². The van der Waals surface area contributed by atoms with Gasteiger partial charge in [-0.25, -0.2) is 5.48 Å². The molecule has 0 aliphatic rings. The molecule has 0 aliphatic carbocycles. The van der Waals surface area contributed by atoms with Crippen molar-refractivity contribution in [2.75, 3.05) is 0 Å². The van der Waals surface area contributed by atoms with Crippen LogP contribution in [0.1, 0.15) is 11.1 Å². The van der Waals surface area contributed by atoms with Gasteiger partial charge in [0, 0.05) is 6.07 Å². The Bertz CT molecular complexity index is 1130. The lowest BCUT2D eigenvalue weighted by Crippen LogP contribution is -2.27. The molecule has 166 valence electrons. The minimum atomic E-state index is -4.02. The molecule has 2 aromatic carbocycles. The van der Waals surface area contributed by atoms with Crippen LogP contribution in [-0.4, -0.2) is 45.3 Å². The lowest BCUT2D eigenvalue weighted by molar-refractivity contribution is -0.394. The first-order chi connectivity index (χ1) is 14.4. The van der Waals surface area contributed by atoms with E-state index in [4.69, 9.17) is 15.5 Å². The Kier molecular flexibility index (Phi) is 8.49. The Labute approximate surface area is 174 Å². The normalized spacial score (nSPS) is 11.5. The van der Waals surface area contributed by atoms with Gasteiger partial charge in [-0.1, -0.05) is 17.7 Å². The average molecular weight is 456 g/mol. The van der Waals surface area contributed by atoms with Crippen LogP contribution in [0.3, 0.4) is 0 Å². The lowest BCUT2D eigenvalue weighted by atomic mass is 10.1. The summed E-state index contributed by atoms with van der Waals surface area (Å²) < 4.78 is 29.6. The van der Waals surface area contributed by atoms with Crippen LogP contribution >= 0.6 is 0 Å². The van der Waals surface area contributed by atoms with Crippen LogP contribution in [-0.2, 0) is 10.1 Å². The van der Waals surface area contributed by atoms with E-state index >= 15 is 0 Å². The van der Waals surface area contributed by atoms with Crippen LogP contribution in [0.25, 0.3) is 0 Å². The molecule has 0 spiro atoms. The Morgan fingerprint density at radius 1 is 1.16 bits per heavy atom. The number of benzene rings is 2. The van der Waals surface area contributed by atoms with Crippen molar-refractivity contribution in [1.82, 2.24) is 5.48 Å². The Morgan fingerprint density at radius 3 is 2.19 bits per heavy atom. The largest absolute Gasteiger partial charge is 0.502 e. The minimum absolute atomic E-state index is 0.0666. The third kappa shape index (κ3) is 7.65. The highest BCUT2D eigenvalue weighted by Crippen LogP contribution is 2.33. The van der Waals surface area contributed by atoms with Crippen molar-refractivity contribution in [2.45, 2.75) is 11.8 Å². The van der Waals surface area contributed by atoms with Gasteiger partial charge in [-0.2, -0.15) is 13.5 Å². The molecule has 6 N–H and O–H groups in total. The summed E-state index contributed by atoms with van der Waals surface area (Å²) in [6, 6.07) is 7.46. The Hall–Kier alpha value is -4.15. The summed E-state index contributed by atoms with van der Waals surface area (Å²) in [6.07, 6.45) is 0.805. The molecule has 0 radical (unpaired) electrons. The molecular formula is C15H16N6O9S. The average Bonchev–Trinajstić information content (AvgIpc) is 2.68. The maximum Gasteiger partial charge on any atom is 0.318 e. The first-order valence-corrected chi connectivity index (χ1v) is 9.27. The lowest BCUT2D eigenvalue weighted by Gasteiger charge is -2.00. The number of phenolic OH excluding ortho intramolecular Hbond substituents is 1. The molecule has 0 aliphatic heterocycles. The van der Waals surface area contributed by atoms with Gasteiger partial charge in [-0.05, 0) is 19.1 Å². The molecular weight excluding hydrogens is 440 g/mol. The number of hydrogen-bond acceptors (Lipinski definition) is 10. The number of hydrogen-bond donors (Lipinski definition) is 5. The standard InChI is InChI=1S/C8H8N6O6.C7H8O3S/c9-8(12-16)11-10-3-4-1-5(13(17)18)2-6(7(4)15)14(19)20;1-6-2-4-7(5-3-6)11(8,9)10/h1-3,15-16H,(H3,9,11,12);2-5H,1H3,(H,8,9,10). The summed E-state index contributed by atoms with van der Waals surface area (Å²) >= 11 is 0. The number of nitrogens with one attached hydrogen (secondary N) is 1. The number of aryl methyl sites for hydroxylation is 1. The van der Waals surface area contributed by atoms with Crippen molar-refractivity contribution in [3.63, 3.8) is 0 Å². The van der Waals surface area contributed by atoms with E-state index in [0.29, 0.717) is 6.07 Å². The summed E-state index contributed by atoms with van der Waals surface area (Å²) in [7, 11) is -4.02. The second-order valence-corrected chi connectivity index (χ2v) is 6.97. The number of guanidine groups is 1. The number of nitro groups is 2. The minimum Gasteiger partial charge on any atom is -0.502 e. The quantitative estimate of drug-likeness (QED) is 0.140. The number of nitrogens with zero attached hydrogens (tertiary/aromatic N) is 4. The number of nitro benzene ring substituents is 2. The second-order valence-electron chi connectivity index (χ2n) is 5.55. The van der Waals surface area contributed by atoms with E-state index in [0.717, 1.165) is 17.8 Å². The maximum absolute atomic E-state index is 10.7. The smallest absolute Gasteiger partial charge is 0.318 e. The van der Waals surface area contributed by atoms with Gasteiger partial charge < -0.3 is 10.8 Å². The summed E-state index contributed by atoms with van der Waals surface area (Å²) in [4.78, 5) is 19.4. The summed E-state index contributed by atoms with van der Waals surface area (Å²) in [5.41, 5.74) is 5.69. The molecule has 0 aromatic heterocycles. The summed E-state index contributed by atoms with van der Waals surface area (Å²) in [5, 5.41) is 45.7. The number of nitrogens with two attached hydrogens (primary N) is 1. The topological polar surface area (TPSA) is 244 Å². The van der Waals surface area contributed by atoms with E-state index in [2.05, 4.69) is 10.2 Å². The molecule has 16 heteroatoms. The molecule has 15 nitrogen and oxygen atoms in total. The van der Waals surface area contributed by atoms with Gasteiger partial charge >= 0.3 is 5.69 Å². The van der Waals surface area contributed by atoms with E-state index < -0.39 is 43.0 Å². The highest BCUT2D eigenvalue weighted by atomic mass is 32.2. The number of aromatic hydroxyl groups is 1. The molecule has 0 saturated carbocycles. The van der Waals surface area contributed by atoms with Crippen molar-refractivity contribution in [3.05, 3.63) is 67.8 Å². The highest BCUT2D eigenvalue weighted by Gasteiger charge is 2.23. The molecule has 2 aromatic rings. The predicted octanol–water partition coefficient (Wildman–Crippen LogP) is 1.08. The predicted molar refractivity (Wildman–Crippen MR) is 107 cm³/mol. The van der Waals surface area contributed by atoms with Gasteiger partial charge in [0.1, 0.15) is 0 Å². The zero-order valence-corrected chi connectivity index (χ0v) is 16.4. The molecule has 0 saturated heterocycles. The van der Waals surface area contributed by atoms with Crippen molar-refractivity contribution in [3.8, 4) is 5.75 Å². The van der Waals surface area contributed by atoms with Crippen molar-refractivity contribution >= 4 is 33.7 Å². The van der Waals surface area contributed by atoms with Gasteiger partial charge in [-0.3, -0.25) is 30.0 Å². The molecule has 0 bridgehead atoms. The highest BCUT2D eigenvalue weighted by molar-refractivity contribution is 7.85. The van der Waals surface area contributed by atoms with E-state index in [1.807, 2.05) is 6.92 Å². The summed E-state index contributed by atoms with van der Waals surface area (Å²) in [6.45, 7) is 1.84. The fraction of sp³-hybridized carbons (Fsp3) is 0.0667. The Morgan fingerprint density at radius 2 is 1.74 bits per heavy atom. The molecule has 0 fully saturated rings. The first kappa shape index (κ1) is 24.9. The van der Waals surface area contributed by atoms with Gasteiger partial charge in [0.15, 0.2) is 0 Å². The van der Waals surface area contributed by atoms with E-state index in [1.54, 1.807) is 12.1 Å². The second kappa shape index (κ2) is 10.6. The maximum atomic E-state index is 10.7. The van der Waals surface area contributed by atoms with Crippen LogP contribution in [0.4, 0.5) is 11.4 Å². The zero-order valence-electron chi connectivity index (χ0n) is 15.6. The number of non-ortho nitro benzene ring substituents is 1. The number of phenols is 1. The molecule has 0 unspecified atom stereocenters. The van der Waals surface area contributed by atoms with Gasteiger partial charge in [0.25, 0.3) is 15.8 Å². The third-order valence-corrected chi connectivity index (χ3v) is 4.18. The van der Waals surface area contributed by atoms with Crippen molar-refractivity contribution in [2.24, 2.45) is 15.9 Å². The zero-order chi connectivity index (χ0) is 23.8. The monoisotopic (exact) mass is 456 g/mol. The molecule has 31 heavy (non-hydrogen) atoms. The van der Waals surface area contributed by atoms with Crippen molar-refractivity contribution < 1.29 is 33.1 Å². The van der Waals surface area contributed by atoms with Gasteiger partial charge in [0.2, 0.25) is 11.7 Å². The molecule has 0 atom stereocenters. The molecule has 2 rings (SSSR count). The van der Waals surface area contributed by atoms with Crippen LogP contribution in [0.5, 0.6) is 5.75 Å².